The zero-order valence-electron chi connectivity index (χ0n) is 14.2. The molecule has 122 valence electrons. The lowest BCUT2D eigenvalue weighted by Gasteiger charge is -2.26. The quantitative estimate of drug-likeness (QED) is 0.778. The van der Waals surface area contributed by atoms with Crippen LogP contribution < -0.4 is 9.64 Å². The molecular weight excluding hydrogens is 280 g/mol. The van der Waals surface area contributed by atoms with Gasteiger partial charge in [0.05, 0.1) is 12.8 Å². The Morgan fingerprint density at radius 1 is 1.27 bits per heavy atom. The SMILES string of the molecule is CCCCN(C)C(=O)CN(C(C)=O)c1cc(C)ccc1OC. The molecule has 5 heteroatoms. The van der Waals surface area contributed by atoms with Gasteiger partial charge in [0.15, 0.2) is 0 Å². The average molecular weight is 306 g/mol. The van der Waals surface area contributed by atoms with Gasteiger partial charge in [0, 0.05) is 20.5 Å². The van der Waals surface area contributed by atoms with E-state index < -0.39 is 0 Å². The maximum atomic E-state index is 12.3. The summed E-state index contributed by atoms with van der Waals surface area (Å²) in [5.41, 5.74) is 1.64. The van der Waals surface area contributed by atoms with Crippen LogP contribution in [0.5, 0.6) is 5.75 Å². The Morgan fingerprint density at radius 3 is 2.50 bits per heavy atom. The highest BCUT2D eigenvalue weighted by molar-refractivity contribution is 5.98. The van der Waals surface area contributed by atoms with Gasteiger partial charge in [-0.15, -0.1) is 0 Å². The third kappa shape index (κ3) is 4.76. The molecule has 0 aromatic heterocycles. The summed E-state index contributed by atoms with van der Waals surface area (Å²) in [7, 11) is 3.32. The number of likely N-dealkylation sites (N-methyl/N-ethyl adjacent to an activating group) is 1. The van der Waals surface area contributed by atoms with Crippen LogP contribution in [0.1, 0.15) is 32.3 Å². The highest BCUT2D eigenvalue weighted by Gasteiger charge is 2.21. The zero-order valence-corrected chi connectivity index (χ0v) is 14.2. The van der Waals surface area contributed by atoms with Crippen molar-refractivity contribution in [1.82, 2.24) is 4.90 Å². The Labute approximate surface area is 132 Å². The molecule has 0 bridgehead atoms. The fourth-order valence-electron chi connectivity index (χ4n) is 2.15. The number of aryl methyl sites for hydroxylation is 1. The Balaban J connectivity index is 2.98. The minimum Gasteiger partial charge on any atom is -0.495 e. The van der Waals surface area contributed by atoms with Crippen molar-refractivity contribution in [2.75, 3.05) is 32.1 Å². The molecule has 1 rings (SSSR count). The second-order valence-electron chi connectivity index (χ2n) is 5.45. The molecule has 0 radical (unpaired) electrons. The van der Waals surface area contributed by atoms with Gasteiger partial charge in [-0.05, 0) is 31.0 Å². The maximum absolute atomic E-state index is 12.3. The fourth-order valence-corrected chi connectivity index (χ4v) is 2.15. The lowest BCUT2D eigenvalue weighted by atomic mass is 10.2. The molecule has 0 heterocycles. The highest BCUT2D eigenvalue weighted by Crippen LogP contribution is 2.29. The minimum atomic E-state index is -0.179. The van der Waals surface area contributed by atoms with E-state index in [2.05, 4.69) is 6.92 Å². The van der Waals surface area contributed by atoms with E-state index >= 15 is 0 Å². The number of ether oxygens (including phenoxy) is 1. The summed E-state index contributed by atoms with van der Waals surface area (Å²) in [4.78, 5) is 27.4. The third-order valence-electron chi connectivity index (χ3n) is 3.57. The molecule has 0 aliphatic heterocycles. The van der Waals surface area contributed by atoms with Crippen LogP contribution in [0.25, 0.3) is 0 Å². The zero-order chi connectivity index (χ0) is 16.7. The number of methoxy groups -OCH3 is 1. The summed E-state index contributed by atoms with van der Waals surface area (Å²) in [6, 6.07) is 5.58. The summed E-state index contributed by atoms with van der Waals surface area (Å²) < 4.78 is 5.32. The number of rotatable bonds is 7. The molecule has 5 nitrogen and oxygen atoms in total. The van der Waals surface area contributed by atoms with Crippen LogP contribution in [-0.2, 0) is 9.59 Å². The van der Waals surface area contributed by atoms with E-state index in [0.717, 1.165) is 18.4 Å². The van der Waals surface area contributed by atoms with Crippen molar-refractivity contribution in [1.29, 1.82) is 0 Å². The van der Waals surface area contributed by atoms with E-state index in [4.69, 9.17) is 4.74 Å². The van der Waals surface area contributed by atoms with Gasteiger partial charge in [0.1, 0.15) is 12.3 Å². The largest absolute Gasteiger partial charge is 0.495 e. The Hall–Kier alpha value is -2.04. The van der Waals surface area contributed by atoms with Gasteiger partial charge >= 0.3 is 0 Å². The average Bonchev–Trinajstić information content (AvgIpc) is 2.49. The van der Waals surface area contributed by atoms with Crippen molar-refractivity contribution in [2.45, 2.75) is 33.6 Å². The normalized spacial score (nSPS) is 10.2. The van der Waals surface area contributed by atoms with Gasteiger partial charge in [0.2, 0.25) is 11.8 Å². The summed E-state index contributed by atoms with van der Waals surface area (Å²) in [5, 5.41) is 0. The maximum Gasteiger partial charge on any atom is 0.242 e. The third-order valence-corrected chi connectivity index (χ3v) is 3.57. The van der Waals surface area contributed by atoms with Crippen molar-refractivity contribution in [3.05, 3.63) is 23.8 Å². The molecule has 0 spiro atoms. The molecule has 0 aliphatic carbocycles. The Bertz CT molecular complexity index is 529. The topological polar surface area (TPSA) is 49.9 Å². The molecule has 22 heavy (non-hydrogen) atoms. The molecule has 0 saturated carbocycles. The second kappa shape index (κ2) is 8.41. The monoisotopic (exact) mass is 306 g/mol. The fraction of sp³-hybridized carbons (Fsp3) is 0.529. The summed E-state index contributed by atoms with van der Waals surface area (Å²) in [5.74, 6) is 0.332. The number of hydrogen-bond donors (Lipinski definition) is 0. The summed E-state index contributed by atoms with van der Waals surface area (Å²) in [6.45, 7) is 6.21. The molecular formula is C17H26N2O3. The van der Waals surface area contributed by atoms with E-state index in [9.17, 15) is 9.59 Å². The van der Waals surface area contributed by atoms with Crippen molar-refractivity contribution < 1.29 is 14.3 Å². The Kier molecular flexibility index (Phi) is 6.89. The van der Waals surface area contributed by atoms with E-state index in [0.29, 0.717) is 18.0 Å². The van der Waals surface area contributed by atoms with Crippen LogP contribution in [0.2, 0.25) is 0 Å². The van der Waals surface area contributed by atoms with Gasteiger partial charge in [-0.3, -0.25) is 14.5 Å². The number of benzene rings is 1. The standard InChI is InChI=1S/C17H26N2O3/c1-6-7-10-18(4)17(21)12-19(14(3)20)15-11-13(2)8-9-16(15)22-5/h8-9,11H,6-7,10,12H2,1-5H3. The van der Waals surface area contributed by atoms with Crippen LogP contribution in [0.15, 0.2) is 18.2 Å². The number of unbranched alkanes of at least 4 members (excludes halogenated alkanes) is 1. The molecule has 0 saturated heterocycles. The number of amides is 2. The second-order valence-corrected chi connectivity index (χ2v) is 5.45. The molecule has 0 unspecified atom stereocenters. The van der Waals surface area contributed by atoms with Crippen LogP contribution in [-0.4, -0.2) is 44.0 Å². The number of carbonyl (C=O) groups excluding carboxylic acids is 2. The summed E-state index contributed by atoms with van der Waals surface area (Å²) in [6.07, 6.45) is 1.98. The van der Waals surface area contributed by atoms with Crippen molar-refractivity contribution >= 4 is 17.5 Å². The van der Waals surface area contributed by atoms with Gasteiger partial charge in [-0.25, -0.2) is 0 Å². The van der Waals surface area contributed by atoms with Crippen molar-refractivity contribution in [2.24, 2.45) is 0 Å². The molecule has 0 fully saturated rings. The molecule has 0 aliphatic rings. The van der Waals surface area contributed by atoms with Crippen LogP contribution in [0.4, 0.5) is 5.69 Å². The first-order valence-corrected chi connectivity index (χ1v) is 7.57. The van der Waals surface area contributed by atoms with Crippen LogP contribution in [0, 0.1) is 6.92 Å². The first kappa shape index (κ1) is 18.0. The number of anilines is 1. The van der Waals surface area contributed by atoms with E-state index in [1.54, 1.807) is 19.1 Å². The first-order chi connectivity index (χ1) is 10.4. The van der Waals surface area contributed by atoms with Crippen molar-refractivity contribution in [3.63, 3.8) is 0 Å². The predicted molar refractivity (Wildman–Crippen MR) is 88.3 cm³/mol. The Morgan fingerprint density at radius 2 is 1.95 bits per heavy atom. The van der Waals surface area contributed by atoms with Crippen LogP contribution in [0.3, 0.4) is 0 Å². The van der Waals surface area contributed by atoms with Gasteiger partial charge in [0.25, 0.3) is 0 Å². The van der Waals surface area contributed by atoms with E-state index in [1.807, 2.05) is 25.1 Å². The number of hydrogen-bond acceptors (Lipinski definition) is 3. The molecule has 1 aromatic carbocycles. The van der Waals surface area contributed by atoms with Crippen molar-refractivity contribution in [3.8, 4) is 5.75 Å². The van der Waals surface area contributed by atoms with E-state index in [-0.39, 0.29) is 18.4 Å². The summed E-state index contributed by atoms with van der Waals surface area (Å²) >= 11 is 0. The lowest BCUT2D eigenvalue weighted by molar-refractivity contribution is -0.130. The highest BCUT2D eigenvalue weighted by atomic mass is 16.5. The molecule has 2 amide bonds. The number of nitrogens with zero attached hydrogens (tertiary/aromatic N) is 2. The smallest absolute Gasteiger partial charge is 0.242 e. The van der Waals surface area contributed by atoms with Gasteiger partial charge < -0.3 is 9.64 Å². The molecule has 1 aromatic rings. The predicted octanol–water partition coefficient (Wildman–Crippen LogP) is 2.62. The van der Waals surface area contributed by atoms with Gasteiger partial charge in [-0.1, -0.05) is 19.4 Å². The first-order valence-electron chi connectivity index (χ1n) is 7.57. The van der Waals surface area contributed by atoms with Gasteiger partial charge in [-0.2, -0.15) is 0 Å². The minimum absolute atomic E-state index is 0.0232. The number of carbonyl (C=O) groups is 2. The molecule has 0 atom stereocenters. The molecule has 0 N–H and O–H groups in total. The lowest BCUT2D eigenvalue weighted by Crippen LogP contribution is -2.41. The van der Waals surface area contributed by atoms with Crippen LogP contribution >= 0.6 is 0 Å². The van der Waals surface area contributed by atoms with E-state index in [1.165, 1.54) is 11.8 Å².